The molecule has 4 nitrogen and oxygen atoms in total. The van der Waals surface area contributed by atoms with E-state index in [1.807, 2.05) is 37.4 Å². The molecule has 0 aromatic carbocycles. The number of nitrogens with zero attached hydrogens (tertiary/aromatic N) is 1. The summed E-state index contributed by atoms with van der Waals surface area (Å²) in [5.41, 5.74) is -0.400. The number of rotatable bonds is 7. The van der Waals surface area contributed by atoms with Crippen LogP contribution in [0.3, 0.4) is 0 Å². The van der Waals surface area contributed by atoms with Crippen LogP contribution >= 0.6 is 11.8 Å². The third-order valence-corrected chi connectivity index (χ3v) is 4.30. The first-order valence-corrected chi connectivity index (χ1v) is 9.49. The van der Waals surface area contributed by atoms with Gasteiger partial charge in [0.25, 0.3) is 0 Å². The number of carbonyl (C=O) groups excluding carboxylic acids is 1. The van der Waals surface area contributed by atoms with Crippen LogP contribution in [0.4, 0.5) is 4.79 Å². The Morgan fingerprint density at radius 2 is 2.14 bits per heavy atom. The van der Waals surface area contributed by atoms with Crippen LogP contribution in [0.15, 0.2) is 0 Å². The number of likely N-dealkylation sites (tertiary alicyclic amines) is 1. The largest absolute Gasteiger partial charge is 0.444 e. The van der Waals surface area contributed by atoms with Crippen LogP contribution in [0.2, 0.25) is 0 Å². The minimum Gasteiger partial charge on any atom is -0.444 e. The van der Waals surface area contributed by atoms with E-state index in [1.165, 1.54) is 18.6 Å². The lowest BCUT2D eigenvalue weighted by atomic mass is 9.95. The Morgan fingerprint density at radius 3 is 2.81 bits per heavy atom. The van der Waals surface area contributed by atoms with Crippen LogP contribution in [-0.2, 0) is 4.74 Å². The fourth-order valence-corrected chi connectivity index (χ4v) is 3.00. The van der Waals surface area contributed by atoms with Crippen LogP contribution in [0, 0.1) is 5.92 Å². The summed E-state index contributed by atoms with van der Waals surface area (Å²) in [6.07, 6.45) is 6.70. The van der Waals surface area contributed by atoms with Gasteiger partial charge < -0.3 is 15.0 Å². The van der Waals surface area contributed by atoms with Crippen molar-refractivity contribution in [3.63, 3.8) is 0 Å². The lowest BCUT2D eigenvalue weighted by Gasteiger charge is -2.34. The second kappa shape index (κ2) is 9.57. The van der Waals surface area contributed by atoms with Gasteiger partial charge in [-0.3, -0.25) is 0 Å². The summed E-state index contributed by atoms with van der Waals surface area (Å²) in [5.74, 6) is 1.84. The lowest BCUT2D eigenvalue weighted by Crippen LogP contribution is -2.43. The van der Waals surface area contributed by atoms with Gasteiger partial charge in [0.2, 0.25) is 0 Å². The van der Waals surface area contributed by atoms with Gasteiger partial charge in [-0.1, -0.05) is 0 Å². The van der Waals surface area contributed by atoms with E-state index in [0.717, 1.165) is 39.0 Å². The molecular weight excluding hydrogens is 284 g/mol. The van der Waals surface area contributed by atoms with Crippen LogP contribution in [0.5, 0.6) is 0 Å². The Balaban J connectivity index is 2.21. The molecule has 1 fully saturated rings. The van der Waals surface area contributed by atoms with Crippen molar-refractivity contribution in [3.8, 4) is 0 Å². The molecule has 0 bridgehead atoms. The summed E-state index contributed by atoms with van der Waals surface area (Å²) in [6, 6.07) is 0. The van der Waals surface area contributed by atoms with Crippen molar-refractivity contribution in [2.24, 2.45) is 5.92 Å². The Morgan fingerprint density at radius 1 is 1.38 bits per heavy atom. The summed E-state index contributed by atoms with van der Waals surface area (Å²) in [5, 5.41) is 3.50. The Bertz CT molecular complexity index is 305. The van der Waals surface area contributed by atoms with Gasteiger partial charge in [0.1, 0.15) is 5.60 Å². The number of amides is 1. The molecule has 1 unspecified atom stereocenters. The monoisotopic (exact) mass is 316 g/mol. The molecule has 1 rings (SSSR count). The molecule has 21 heavy (non-hydrogen) atoms. The molecule has 1 aliphatic heterocycles. The first-order chi connectivity index (χ1) is 9.92. The number of piperidine rings is 1. The second-order valence-corrected chi connectivity index (χ2v) is 7.81. The van der Waals surface area contributed by atoms with Crippen LogP contribution in [0.25, 0.3) is 0 Å². The highest BCUT2D eigenvalue weighted by molar-refractivity contribution is 7.98. The predicted octanol–water partition coefficient (Wildman–Crippen LogP) is 3.37. The molecule has 1 saturated heterocycles. The quantitative estimate of drug-likeness (QED) is 0.731. The van der Waals surface area contributed by atoms with Crippen LogP contribution < -0.4 is 5.32 Å². The van der Waals surface area contributed by atoms with Crippen molar-refractivity contribution in [3.05, 3.63) is 0 Å². The minimum absolute atomic E-state index is 0.153. The lowest BCUT2D eigenvalue weighted by molar-refractivity contribution is 0.0162. The maximum atomic E-state index is 12.1. The minimum atomic E-state index is -0.400. The van der Waals surface area contributed by atoms with Crippen molar-refractivity contribution >= 4 is 17.9 Å². The zero-order chi connectivity index (χ0) is 15.7. The molecule has 124 valence electrons. The molecule has 0 radical (unpaired) electrons. The van der Waals surface area contributed by atoms with Gasteiger partial charge >= 0.3 is 6.09 Å². The standard InChI is InChI=1S/C16H32N2O2S/c1-16(2,3)20-15(19)18-11-5-7-14(13-18)8-10-17-9-6-12-21-4/h14,17H,5-13H2,1-4H3. The number of hydrogen-bond acceptors (Lipinski definition) is 4. The second-order valence-electron chi connectivity index (χ2n) is 6.82. The highest BCUT2D eigenvalue weighted by Crippen LogP contribution is 2.21. The van der Waals surface area contributed by atoms with Crippen molar-refractivity contribution in [1.82, 2.24) is 10.2 Å². The van der Waals surface area contributed by atoms with Gasteiger partial charge in [-0.05, 0) is 77.5 Å². The Hall–Kier alpha value is -0.420. The van der Waals surface area contributed by atoms with Crippen LogP contribution in [-0.4, -0.2) is 54.8 Å². The first-order valence-electron chi connectivity index (χ1n) is 8.10. The fourth-order valence-electron chi connectivity index (χ4n) is 2.57. The third-order valence-electron chi connectivity index (χ3n) is 3.60. The van der Waals surface area contributed by atoms with E-state index in [9.17, 15) is 4.79 Å². The summed E-state index contributed by atoms with van der Waals surface area (Å²) in [6.45, 7) is 9.61. The molecule has 0 aromatic heterocycles. The maximum Gasteiger partial charge on any atom is 0.410 e. The summed E-state index contributed by atoms with van der Waals surface area (Å²) in [4.78, 5) is 14.0. The average molecular weight is 317 g/mol. The van der Waals surface area contributed by atoms with Gasteiger partial charge in [-0.15, -0.1) is 0 Å². The third kappa shape index (κ3) is 8.57. The first kappa shape index (κ1) is 18.6. The normalized spacial score (nSPS) is 19.6. The van der Waals surface area contributed by atoms with E-state index in [1.54, 1.807) is 0 Å². The smallest absolute Gasteiger partial charge is 0.410 e. The number of ether oxygens (including phenoxy) is 1. The van der Waals surface area contributed by atoms with Crippen molar-refractivity contribution in [2.75, 3.05) is 38.2 Å². The molecule has 0 aromatic rings. The molecule has 0 saturated carbocycles. The van der Waals surface area contributed by atoms with E-state index in [-0.39, 0.29) is 6.09 Å². The van der Waals surface area contributed by atoms with Gasteiger partial charge in [0.05, 0.1) is 0 Å². The van der Waals surface area contributed by atoms with Gasteiger partial charge in [-0.25, -0.2) is 4.79 Å². The maximum absolute atomic E-state index is 12.1. The van der Waals surface area contributed by atoms with E-state index in [4.69, 9.17) is 4.74 Å². The van der Waals surface area contributed by atoms with E-state index in [2.05, 4.69) is 11.6 Å². The summed E-state index contributed by atoms with van der Waals surface area (Å²) in [7, 11) is 0. The number of carbonyl (C=O) groups is 1. The average Bonchev–Trinajstić information content (AvgIpc) is 2.41. The summed E-state index contributed by atoms with van der Waals surface area (Å²) < 4.78 is 5.46. The van der Waals surface area contributed by atoms with Gasteiger partial charge in [-0.2, -0.15) is 11.8 Å². The zero-order valence-corrected chi connectivity index (χ0v) is 14.9. The molecule has 1 N–H and O–H groups in total. The molecule has 1 amide bonds. The molecule has 0 aliphatic carbocycles. The van der Waals surface area contributed by atoms with Gasteiger partial charge in [0.15, 0.2) is 0 Å². The SMILES string of the molecule is CSCCCNCCC1CCCN(C(=O)OC(C)(C)C)C1. The van der Waals surface area contributed by atoms with Crippen molar-refractivity contribution in [2.45, 2.75) is 52.1 Å². The zero-order valence-electron chi connectivity index (χ0n) is 14.1. The summed E-state index contributed by atoms with van der Waals surface area (Å²) >= 11 is 1.90. The molecule has 1 atom stereocenters. The van der Waals surface area contributed by atoms with Crippen LogP contribution in [0.1, 0.15) is 46.5 Å². The highest BCUT2D eigenvalue weighted by Gasteiger charge is 2.27. The number of hydrogen-bond donors (Lipinski definition) is 1. The Kier molecular flexibility index (Phi) is 8.49. The molecule has 5 heteroatoms. The van der Waals surface area contributed by atoms with E-state index in [0.29, 0.717) is 5.92 Å². The molecule has 0 spiro atoms. The fraction of sp³-hybridized carbons (Fsp3) is 0.938. The topological polar surface area (TPSA) is 41.6 Å². The number of thioether (sulfide) groups is 1. The highest BCUT2D eigenvalue weighted by atomic mass is 32.2. The van der Waals surface area contributed by atoms with E-state index < -0.39 is 5.60 Å². The Labute approximate surface area is 134 Å². The van der Waals surface area contributed by atoms with Crippen molar-refractivity contribution in [1.29, 1.82) is 0 Å². The molecular formula is C16H32N2O2S. The number of nitrogens with one attached hydrogen (secondary N) is 1. The predicted molar refractivity (Wildman–Crippen MR) is 91.0 cm³/mol. The van der Waals surface area contributed by atoms with Gasteiger partial charge in [0, 0.05) is 13.1 Å². The van der Waals surface area contributed by atoms with Crippen molar-refractivity contribution < 1.29 is 9.53 Å². The molecule has 1 aliphatic rings. The van der Waals surface area contributed by atoms with E-state index >= 15 is 0 Å². The molecule has 1 heterocycles.